The van der Waals surface area contributed by atoms with Gasteiger partial charge in [-0.05, 0) is 80.6 Å². The third-order valence-electron chi connectivity index (χ3n) is 14.8. The Morgan fingerprint density at radius 3 is 1.62 bits per heavy atom. The second-order valence-electron chi connectivity index (χ2n) is 18.9. The quantitative estimate of drug-likeness (QED) is 0.177. The van der Waals surface area contributed by atoms with Gasteiger partial charge < -0.3 is 0 Å². The van der Waals surface area contributed by atoms with E-state index in [1.165, 1.54) is 86.2 Å². The zero-order valence-corrected chi connectivity index (χ0v) is 37.3. The predicted molar refractivity (Wildman–Crippen MR) is 274 cm³/mol. The summed E-state index contributed by atoms with van der Waals surface area (Å²) in [5.41, 5.74) is 15.3. The molecule has 14 rings (SSSR count). The number of fused-ring (bicyclic) bond motifs is 17. The molecular weight excluding hydrogens is 809 g/mol. The third kappa shape index (κ3) is 4.80. The zero-order chi connectivity index (χ0) is 43.3. The fourth-order valence-electron chi connectivity index (χ4n) is 11.9. The number of hydrogen-bond acceptors (Lipinski definition) is 4. The Labute approximate surface area is 380 Å². The van der Waals surface area contributed by atoms with Gasteiger partial charge in [0.05, 0.1) is 32.6 Å². The van der Waals surface area contributed by atoms with Gasteiger partial charge in [0, 0.05) is 53.6 Å². The van der Waals surface area contributed by atoms with E-state index >= 15 is 0 Å². The Hall–Kier alpha value is -7.60. The van der Waals surface area contributed by atoms with E-state index in [9.17, 15) is 0 Å². The lowest BCUT2D eigenvalue weighted by atomic mass is 9.82. The van der Waals surface area contributed by atoms with Gasteiger partial charge in [-0.25, -0.2) is 4.98 Å². The number of para-hydroxylation sites is 2. The number of anilines is 3. The number of rotatable bonds is 4. The molecule has 0 N–H and O–H groups in total. The second-order valence-corrected chi connectivity index (χ2v) is 19.9. The molecule has 4 nitrogen and oxygen atoms in total. The molecule has 0 spiro atoms. The summed E-state index contributed by atoms with van der Waals surface area (Å²) in [6.45, 7) is 9.46. The molecule has 0 saturated heterocycles. The molecule has 0 bridgehead atoms. The fraction of sp³-hybridized carbons (Fsp3) is 0.100. The molecule has 65 heavy (non-hydrogen) atoms. The smallest absolute Gasteiger partial charge is 0.237 e. The normalized spacial score (nSPS) is 14.4. The molecule has 2 aliphatic rings. The minimum Gasteiger partial charge on any atom is -0.293 e. The Morgan fingerprint density at radius 2 is 0.954 bits per heavy atom. The van der Waals surface area contributed by atoms with E-state index in [0.717, 1.165) is 39.1 Å². The van der Waals surface area contributed by atoms with Crippen LogP contribution in [0.25, 0.3) is 91.9 Å². The van der Waals surface area contributed by atoms with E-state index < -0.39 is 0 Å². The monoisotopic (exact) mass is 850 g/mol. The van der Waals surface area contributed by atoms with E-state index in [-0.39, 0.29) is 10.8 Å². The second kappa shape index (κ2) is 13.0. The maximum absolute atomic E-state index is 5.96. The molecule has 0 radical (unpaired) electrons. The van der Waals surface area contributed by atoms with Crippen LogP contribution < -0.4 is 4.90 Å². The highest BCUT2D eigenvalue weighted by Crippen LogP contribution is 2.58. The molecule has 0 atom stereocenters. The van der Waals surface area contributed by atoms with Gasteiger partial charge in [-0.1, -0.05) is 173 Å². The molecule has 308 valence electrons. The highest BCUT2D eigenvalue weighted by molar-refractivity contribution is 7.27. The lowest BCUT2D eigenvalue weighted by Gasteiger charge is -2.31. The molecule has 0 saturated carbocycles. The standard InChI is InChI=1S/C60H42N4S/c1-59(2)42-26-12-7-21-37(42)53-44(59)28-17-32-48(53)63(49-33-18-29-45-54(49)38-22-8-13-27-43(38)60(45,3)4)57-39-23-9-14-30-46(39)61-58(62-57)64-47-31-15-10-24-40(47)51-35-19-5-6-20-36(35)52-41-25-11-16-34-50(41)65-56(52)55(51)64/h5-34H,1-4H3. The number of hydrogen-bond donors (Lipinski definition) is 0. The Bertz CT molecular complexity index is 3930. The zero-order valence-electron chi connectivity index (χ0n) is 36.5. The topological polar surface area (TPSA) is 34.0 Å². The minimum absolute atomic E-state index is 0.193. The van der Waals surface area contributed by atoms with E-state index in [1.54, 1.807) is 0 Å². The van der Waals surface area contributed by atoms with Gasteiger partial charge in [-0.2, -0.15) is 4.98 Å². The van der Waals surface area contributed by atoms with Gasteiger partial charge in [0.25, 0.3) is 0 Å². The first-order valence-electron chi connectivity index (χ1n) is 22.6. The Kier molecular flexibility index (Phi) is 7.37. The molecule has 0 fully saturated rings. The Morgan fingerprint density at radius 1 is 0.446 bits per heavy atom. The van der Waals surface area contributed by atoms with Crippen molar-refractivity contribution < 1.29 is 0 Å². The first-order valence-corrected chi connectivity index (χ1v) is 23.4. The van der Waals surface area contributed by atoms with Crippen LogP contribution in [-0.4, -0.2) is 14.5 Å². The number of benzene rings is 9. The maximum atomic E-state index is 5.96. The van der Waals surface area contributed by atoms with E-state index in [4.69, 9.17) is 9.97 Å². The van der Waals surface area contributed by atoms with E-state index in [2.05, 4.69) is 219 Å². The van der Waals surface area contributed by atoms with Crippen LogP contribution in [-0.2, 0) is 10.8 Å². The largest absolute Gasteiger partial charge is 0.293 e. The Balaban J connectivity index is 1.16. The van der Waals surface area contributed by atoms with Crippen molar-refractivity contribution in [1.29, 1.82) is 0 Å². The van der Waals surface area contributed by atoms with Crippen LogP contribution in [0.5, 0.6) is 0 Å². The maximum Gasteiger partial charge on any atom is 0.237 e. The van der Waals surface area contributed by atoms with E-state index in [0.29, 0.717) is 5.95 Å². The summed E-state index contributed by atoms with van der Waals surface area (Å²) < 4.78 is 4.88. The lowest BCUT2D eigenvalue weighted by Crippen LogP contribution is -2.19. The van der Waals surface area contributed by atoms with Gasteiger partial charge in [-0.3, -0.25) is 9.47 Å². The summed E-state index contributed by atoms with van der Waals surface area (Å²) in [4.78, 5) is 14.0. The summed E-state index contributed by atoms with van der Waals surface area (Å²) in [5, 5.41) is 8.46. The molecule has 12 aromatic rings. The van der Waals surface area contributed by atoms with Crippen molar-refractivity contribution in [3.63, 3.8) is 0 Å². The molecule has 0 amide bonds. The highest BCUT2D eigenvalue weighted by atomic mass is 32.1. The molecule has 3 heterocycles. The average molecular weight is 851 g/mol. The molecule has 5 heteroatoms. The van der Waals surface area contributed by atoms with Gasteiger partial charge in [0.1, 0.15) is 0 Å². The summed E-state index contributed by atoms with van der Waals surface area (Å²) in [7, 11) is 0. The predicted octanol–water partition coefficient (Wildman–Crippen LogP) is 16.3. The van der Waals surface area contributed by atoms with Crippen LogP contribution in [0.1, 0.15) is 49.9 Å². The van der Waals surface area contributed by atoms with Crippen LogP contribution in [0, 0.1) is 0 Å². The third-order valence-corrected chi connectivity index (χ3v) is 16.0. The molecule has 2 aliphatic carbocycles. The van der Waals surface area contributed by atoms with Crippen molar-refractivity contribution >= 4 is 92.2 Å². The van der Waals surface area contributed by atoms with E-state index in [1.807, 2.05) is 11.3 Å². The highest BCUT2D eigenvalue weighted by Gasteiger charge is 2.41. The first-order chi connectivity index (χ1) is 31.8. The van der Waals surface area contributed by atoms with Crippen molar-refractivity contribution in [3.05, 3.63) is 204 Å². The lowest BCUT2D eigenvalue weighted by molar-refractivity contribution is 0.660. The minimum atomic E-state index is -0.193. The molecular formula is C60H42N4S. The van der Waals surface area contributed by atoms with Gasteiger partial charge in [0.2, 0.25) is 5.95 Å². The van der Waals surface area contributed by atoms with Gasteiger partial charge in [0.15, 0.2) is 5.82 Å². The molecule has 0 aliphatic heterocycles. The van der Waals surface area contributed by atoms with Crippen LogP contribution in [0.4, 0.5) is 17.2 Å². The molecule has 3 aromatic heterocycles. The van der Waals surface area contributed by atoms with Crippen molar-refractivity contribution in [2.75, 3.05) is 4.90 Å². The van der Waals surface area contributed by atoms with Crippen molar-refractivity contribution in [3.8, 4) is 28.2 Å². The fourth-order valence-corrected chi connectivity index (χ4v) is 13.1. The summed E-state index contributed by atoms with van der Waals surface area (Å²) in [6.07, 6.45) is 0. The van der Waals surface area contributed by atoms with Crippen LogP contribution in [0.3, 0.4) is 0 Å². The summed E-state index contributed by atoms with van der Waals surface area (Å²) >= 11 is 1.86. The summed E-state index contributed by atoms with van der Waals surface area (Å²) in [5.74, 6) is 1.49. The van der Waals surface area contributed by atoms with Gasteiger partial charge >= 0.3 is 0 Å². The number of thiophene rings is 1. The van der Waals surface area contributed by atoms with Crippen LogP contribution in [0.2, 0.25) is 0 Å². The number of nitrogens with zero attached hydrogens (tertiary/aromatic N) is 4. The summed E-state index contributed by atoms with van der Waals surface area (Å²) in [6, 6.07) is 66.9. The molecule has 0 unspecified atom stereocenters. The van der Waals surface area contributed by atoms with Gasteiger partial charge in [-0.15, -0.1) is 11.3 Å². The van der Waals surface area contributed by atoms with Crippen LogP contribution in [0.15, 0.2) is 182 Å². The molecule has 9 aromatic carbocycles. The van der Waals surface area contributed by atoms with Crippen molar-refractivity contribution in [2.24, 2.45) is 0 Å². The van der Waals surface area contributed by atoms with Crippen LogP contribution >= 0.6 is 11.3 Å². The number of aromatic nitrogens is 3. The average Bonchev–Trinajstić information content (AvgIpc) is 4.04. The SMILES string of the molecule is CC1(C)c2ccccc2-c2c(N(c3cccc4c3-c3ccccc3C4(C)C)c3nc(-n4c5ccccc5c5c6ccccc6c6c7ccccc7sc6c54)nc4ccccc34)cccc21. The van der Waals surface area contributed by atoms with Crippen molar-refractivity contribution in [2.45, 2.75) is 38.5 Å². The van der Waals surface area contributed by atoms with Crippen molar-refractivity contribution in [1.82, 2.24) is 14.5 Å². The first kappa shape index (κ1) is 36.8.